The van der Waals surface area contributed by atoms with Crippen LogP contribution in [0.25, 0.3) is 10.9 Å². The van der Waals surface area contributed by atoms with Gasteiger partial charge in [-0.1, -0.05) is 12.1 Å². The zero-order valence-corrected chi connectivity index (χ0v) is 18.7. The number of nitrogens with one attached hydrogen (secondary N) is 1. The number of hydrogen-bond donors (Lipinski definition) is 1. The number of fused-ring (bicyclic) bond motifs is 1. The second kappa shape index (κ2) is 8.43. The highest BCUT2D eigenvalue weighted by molar-refractivity contribution is 7.90. The zero-order chi connectivity index (χ0) is 22.9. The van der Waals surface area contributed by atoms with E-state index in [2.05, 4.69) is 4.72 Å². The number of aryl methyl sites for hydroxylation is 2. The lowest BCUT2D eigenvalue weighted by Gasteiger charge is -2.14. The summed E-state index contributed by atoms with van der Waals surface area (Å²) in [5.41, 5.74) is 2.57. The fourth-order valence-corrected chi connectivity index (χ4v) is 4.62. The van der Waals surface area contributed by atoms with E-state index in [9.17, 15) is 18.0 Å². The van der Waals surface area contributed by atoms with Crippen molar-refractivity contribution >= 4 is 32.8 Å². The Labute approximate surface area is 180 Å². The monoisotopic (exact) mass is 444 g/mol. The molecule has 0 aliphatic heterocycles. The Morgan fingerprint density at radius 2 is 1.81 bits per heavy atom. The second-order valence-electron chi connectivity index (χ2n) is 7.26. The number of methoxy groups -OCH3 is 2. The van der Waals surface area contributed by atoms with Gasteiger partial charge in [-0.3, -0.25) is 4.79 Å². The van der Waals surface area contributed by atoms with Gasteiger partial charge in [-0.25, -0.2) is 17.9 Å². The van der Waals surface area contributed by atoms with E-state index < -0.39 is 27.8 Å². The molecule has 9 heteroatoms. The van der Waals surface area contributed by atoms with E-state index in [0.717, 1.165) is 16.5 Å². The molecule has 1 amide bonds. The predicted octanol–water partition coefficient (Wildman–Crippen LogP) is 2.89. The van der Waals surface area contributed by atoms with Crippen LogP contribution < -0.4 is 9.46 Å². The normalized spacial score (nSPS) is 12.4. The lowest BCUT2D eigenvalue weighted by atomic mass is 9.99. The van der Waals surface area contributed by atoms with Gasteiger partial charge in [0.2, 0.25) is 5.91 Å². The van der Waals surface area contributed by atoms with Crippen molar-refractivity contribution in [1.29, 1.82) is 0 Å². The molecule has 0 aliphatic carbocycles. The van der Waals surface area contributed by atoms with Crippen molar-refractivity contribution in [3.63, 3.8) is 0 Å². The summed E-state index contributed by atoms with van der Waals surface area (Å²) in [5, 5.41) is 0.739. The first kappa shape index (κ1) is 22.4. The largest absolute Gasteiger partial charge is 0.495 e. The van der Waals surface area contributed by atoms with Gasteiger partial charge in [0, 0.05) is 24.1 Å². The summed E-state index contributed by atoms with van der Waals surface area (Å²) < 4.78 is 39.5. The Balaban J connectivity index is 1.93. The molecule has 1 aromatic heterocycles. The highest BCUT2D eigenvalue weighted by Gasteiger charge is 2.27. The molecular weight excluding hydrogens is 420 g/mol. The molecule has 1 heterocycles. The second-order valence-corrected chi connectivity index (χ2v) is 8.92. The lowest BCUT2D eigenvalue weighted by Crippen LogP contribution is -2.34. The first-order valence-electron chi connectivity index (χ1n) is 9.47. The molecule has 0 radical (unpaired) electrons. The third-order valence-corrected chi connectivity index (χ3v) is 6.53. The highest BCUT2D eigenvalue weighted by Crippen LogP contribution is 2.30. The fourth-order valence-electron chi connectivity index (χ4n) is 3.42. The maximum Gasteiger partial charge on any atom is 0.337 e. The molecule has 164 valence electrons. The van der Waals surface area contributed by atoms with Gasteiger partial charge in [0.1, 0.15) is 10.6 Å². The topological polar surface area (TPSA) is 104 Å². The van der Waals surface area contributed by atoms with Crippen LogP contribution >= 0.6 is 0 Å². The Kier molecular flexibility index (Phi) is 6.08. The average Bonchev–Trinajstić information content (AvgIpc) is 3.07. The number of amides is 1. The molecule has 3 aromatic rings. The van der Waals surface area contributed by atoms with Crippen molar-refractivity contribution < 1.29 is 27.5 Å². The molecule has 1 unspecified atom stereocenters. The van der Waals surface area contributed by atoms with Crippen LogP contribution in [0.3, 0.4) is 0 Å². The molecule has 0 aliphatic rings. The summed E-state index contributed by atoms with van der Waals surface area (Å²) in [4.78, 5) is 24.6. The van der Waals surface area contributed by atoms with E-state index in [4.69, 9.17) is 9.47 Å². The number of rotatable bonds is 6. The minimum absolute atomic E-state index is 0.109. The van der Waals surface area contributed by atoms with Crippen LogP contribution in [0, 0.1) is 6.92 Å². The van der Waals surface area contributed by atoms with E-state index in [1.54, 1.807) is 55.1 Å². The third kappa shape index (κ3) is 4.27. The van der Waals surface area contributed by atoms with Crippen molar-refractivity contribution in [2.75, 3.05) is 14.2 Å². The molecule has 0 spiro atoms. The molecule has 8 nitrogen and oxygen atoms in total. The number of hydrogen-bond acceptors (Lipinski definition) is 6. The summed E-state index contributed by atoms with van der Waals surface area (Å²) in [5.74, 6) is -1.74. The van der Waals surface area contributed by atoms with Crippen LogP contribution in [-0.2, 0) is 26.6 Å². The molecule has 0 bridgehead atoms. The Morgan fingerprint density at radius 1 is 1.10 bits per heavy atom. The van der Waals surface area contributed by atoms with E-state index in [1.807, 2.05) is 6.92 Å². The summed E-state index contributed by atoms with van der Waals surface area (Å²) in [6, 6.07) is 9.62. The summed E-state index contributed by atoms with van der Waals surface area (Å²) in [6.45, 7) is 3.44. The van der Waals surface area contributed by atoms with Crippen molar-refractivity contribution in [3.8, 4) is 5.75 Å². The quantitative estimate of drug-likeness (QED) is 0.587. The lowest BCUT2D eigenvalue weighted by molar-refractivity contribution is -0.120. The Morgan fingerprint density at radius 3 is 2.45 bits per heavy atom. The van der Waals surface area contributed by atoms with Crippen molar-refractivity contribution in [1.82, 2.24) is 9.29 Å². The molecule has 0 saturated heterocycles. The number of carbonyl (C=O) groups is 2. The third-order valence-electron chi connectivity index (χ3n) is 5.15. The highest BCUT2D eigenvalue weighted by atomic mass is 32.2. The van der Waals surface area contributed by atoms with E-state index in [-0.39, 0.29) is 10.6 Å². The Bertz CT molecular complexity index is 1280. The number of carbonyl (C=O) groups excluding carboxylic acids is 2. The van der Waals surface area contributed by atoms with Crippen molar-refractivity contribution in [2.24, 2.45) is 7.05 Å². The van der Waals surface area contributed by atoms with Crippen LogP contribution in [0.5, 0.6) is 5.75 Å². The number of benzene rings is 2. The SMILES string of the molecule is COC(=O)c1ccc2c(C(C)C(=O)NS(=O)(=O)c3ccc(C)cc3OC)cn(C)c2c1. The summed E-state index contributed by atoms with van der Waals surface area (Å²) in [7, 11) is 0.327. The summed E-state index contributed by atoms with van der Waals surface area (Å²) in [6.07, 6.45) is 1.75. The first-order valence-corrected chi connectivity index (χ1v) is 11.0. The van der Waals surface area contributed by atoms with E-state index in [1.165, 1.54) is 20.3 Å². The molecule has 3 rings (SSSR count). The number of nitrogens with zero attached hydrogens (tertiary/aromatic N) is 1. The molecule has 1 atom stereocenters. The van der Waals surface area contributed by atoms with Crippen LogP contribution in [0.2, 0.25) is 0 Å². The molecule has 2 aromatic carbocycles. The van der Waals surface area contributed by atoms with Gasteiger partial charge >= 0.3 is 5.97 Å². The van der Waals surface area contributed by atoms with Crippen molar-refractivity contribution in [3.05, 3.63) is 59.3 Å². The zero-order valence-electron chi connectivity index (χ0n) is 17.9. The smallest absolute Gasteiger partial charge is 0.337 e. The molecule has 1 N–H and O–H groups in total. The van der Waals surface area contributed by atoms with Gasteiger partial charge in [0.05, 0.1) is 25.7 Å². The van der Waals surface area contributed by atoms with E-state index >= 15 is 0 Å². The van der Waals surface area contributed by atoms with Crippen LogP contribution in [0.4, 0.5) is 0 Å². The average molecular weight is 445 g/mol. The standard InChI is InChI=1S/C22H24N2O6S/c1-13-6-9-20(19(10-13)29-4)31(27,28)23-21(25)14(2)17-12-24(3)18-11-15(22(26)30-5)7-8-16(17)18/h6-12,14H,1-5H3,(H,23,25). The van der Waals surface area contributed by atoms with Crippen LogP contribution in [-0.4, -0.2) is 39.1 Å². The van der Waals surface area contributed by atoms with Gasteiger partial charge in [0.25, 0.3) is 10.0 Å². The Hall–Kier alpha value is -3.33. The fraction of sp³-hybridized carbons (Fsp3) is 0.273. The first-order chi connectivity index (χ1) is 14.6. The van der Waals surface area contributed by atoms with Gasteiger partial charge < -0.3 is 14.0 Å². The van der Waals surface area contributed by atoms with Gasteiger partial charge in [-0.2, -0.15) is 0 Å². The predicted molar refractivity (Wildman–Crippen MR) is 116 cm³/mol. The van der Waals surface area contributed by atoms with E-state index in [0.29, 0.717) is 11.1 Å². The number of ether oxygens (including phenoxy) is 2. The number of esters is 1. The minimum atomic E-state index is -4.13. The van der Waals surface area contributed by atoms with Gasteiger partial charge in [0.15, 0.2) is 0 Å². The molecule has 0 saturated carbocycles. The molecular formula is C22H24N2O6S. The van der Waals surface area contributed by atoms with Crippen LogP contribution in [0.15, 0.2) is 47.5 Å². The number of aromatic nitrogens is 1. The minimum Gasteiger partial charge on any atom is -0.495 e. The van der Waals surface area contributed by atoms with Gasteiger partial charge in [-0.15, -0.1) is 0 Å². The molecule has 31 heavy (non-hydrogen) atoms. The maximum absolute atomic E-state index is 12.9. The molecule has 0 fully saturated rings. The maximum atomic E-state index is 12.9. The van der Waals surface area contributed by atoms with Crippen molar-refractivity contribution in [2.45, 2.75) is 24.7 Å². The van der Waals surface area contributed by atoms with Crippen LogP contribution in [0.1, 0.15) is 34.3 Å². The van der Waals surface area contributed by atoms with Gasteiger partial charge in [-0.05, 0) is 49.2 Å². The number of sulfonamides is 1. The summed E-state index contributed by atoms with van der Waals surface area (Å²) >= 11 is 0.